The molecule has 0 unspecified atom stereocenters. The standard InChI is InChI=1S/C32H40N2O3/c1-23(2)27-15-17-28(18-16-27)37-22-30(35)34(21-26-14-10-11-24(3)19-26)29(31(36)33-32(4,5)6)20-25-12-8-7-9-13-25/h7-19,23,29H,20-22H2,1-6H3,(H,33,36)/t29-/m1/s1. The zero-order chi connectivity index (χ0) is 27.0. The van der Waals surface area contributed by atoms with Crippen molar-refractivity contribution >= 4 is 11.8 Å². The van der Waals surface area contributed by atoms with Crippen LogP contribution in [0.4, 0.5) is 0 Å². The van der Waals surface area contributed by atoms with Crippen LogP contribution < -0.4 is 10.1 Å². The molecule has 0 aliphatic heterocycles. The Kier molecular flexibility index (Phi) is 9.51. The second kappa shape index (κ2) is 12.6. The lowest BCUT2D eigenvalue weighted by atomic mass is 10.0. The van der Waals surface area contributed by atoms with Crippen molar-refractivity contribution < 1.29 is 14.3 Å². The number of rotatable bonds is 10. The van der Waals surface area contributed by atoms with Gasteiger partial charge in [-0.1, -0.05) is 86.1 Å². The van der Waals surface area contributed by atoms with Gasteiger partial charge in [0.2, 0.25) is 5.91 Å². The predicted molar refractivity (Wildman–Crippen MR) is 150 cm³/mol. The van der Waals surface area contributed by atoms with Gasteiger partial charge >= 0.3 is 0 Å². The highest BCUT2D eigenvalue weighted by atomic mass is 16.5. The van der Waals surface area contributed by atoms with Crippen LogP contribution in [0.3, 0.4) is 0 Å². The van der Waals surface area contributed by atoms with E-state index < -0.39 is 11.6 Å². The first-order valence-corrected chi connectivity index (χ1v) is 13.0. The first kappa shape index (κ1) is 28.0. The van der Waals surface area contributed by atoms with E-state index in [4.69, 9.17) is 4.74 Å². The maximum atomic E-state index is 13.7. The average Bonchev–Trinajstić information content (AvgIpc) is 2.84. The Balaban J connectivity index is 1.90. The first-order valence-electron chi connectivity index (χ1n) is 13.0. The monoisotopic (exact) mass is 500 g/mol. The SMILES string of the molecule is Cc1cccc(CN(C(=O)COc2ccc(C(C)C)cc2)[C@H](Cc2ccccc2)C(=O)NC(C)(C)C)c1. The number of aryl methyl sites for hydroxylation is 1. The molecule has 0 fully saturated rings. The van der Waals surface area contributed by atoms with Crippen molar-refractivity contribution in [3.05, 3.63) is 101 Å². The summed E-state index contributed by atoms with van der Waals surface area (Å²) in [7, 11) is 0. The third-order valence-corrected chi connectivity index (χ3v) is 6.11. The summed E-state index contributed by atoms with van der Waals surface area (Å²) < 4.78 is 5.90. The highest BCUT2D eigenvalue weighted by Gasteiger charge is 2.32. The fraction of sp³-hybridized carbons (Fsp3) is 0.375. The van der Waals surface area contributed by atoms with Gasteiger partial charge in [-0.15, -0.1) is 0 Å². The molecule has 0 saturated carbocycles. The van der Waals surface area contributed by atoms with E-state index >= 15 is 0 Å². The number of carbonyl (C=O) groups is 2. The molecule has 5 heteroatoms. The van der Waals surface area contributed by atoms with Crippen LogP contribution in [-0.2, 0) is 22.6 Å². The Morgan fingerprint density at radius 1 is 0.892 bits per heavy atom. The largest absolute Gasteiger partial charge is 0.484 e. The zero-order valence-electron chi connectivity index (χ0n) is 23.0. The van der Waals surface area contributed by atoms with Crippen LogP contribution in [0.15, 0.2) is 78.9 Å². The maximum absolute atomic E-state index is 13.7. The fourth-order valence-corrected chi connectivity index (χ4v) is 4.19. The molecule has 5 nitrogen and oxygen atoms in total. The van der Waals surface area contributed by atoms with Crippen molar-refractivity contribution in [2.24, 2.45) is 0 Å². The molecule has 1 atom stereocenters. The summed E-state index contributed by atoms with van der Waals surface area (Å²) in [6.45, 7) is 12.3. The molecule has 2 amide bonds. The number of hydrogen-bond acceptors (Lipinski definition) is 3. The molecule has 0 heterocycles. The average molecular weight is 501 g/mol. The molecule has 0 saturated heterocycles. The summed E-state index contributed by atoms with van der Waals surface area (Å²) in [5, 5.41) is 3.09. The van der Waals surface area contributed by atoms with E-state index in [1.54, 1.807) is 4.90 Å². The Morgan fingerprint density at radius 3 is 2.14 bits per heavy atom. The molecule has 0 radical (unpaired) electrons. The van der Waals surface area contributed by atoms with E-state index in [1.165, 1.54) is 5.56 Å². The molecule has 3 aromatic carbocycles. The van der Waals surface area contributed by atoms with E-state index in [0.29, 0.717) is 24.6 Å². The lowest BCUT2D eigenvalue weighted by Gasteiger charge is -2.33. The lowest BCUT2D eigenvalue weighted by Crippen LogP contribution is -2.55. The minimum absolute atomic E-state index is 0.152. The number of ether oxygens (including phenoxy) is 1. The minimum atomic E-state index is -0.693. The van der Waals surface area contributed by atoms with Gasteiger partial charge in [0.15, 0.2) is 6.61 Å². The van der Waals surface area contributed by atoms with E-state index in [-0.39, 0.29) is 18.4 Å². The van der Waals surface area contributed by atoms with E-state index in [1.807, 2.05) is 107 Å². The Bertz CT molecular complexity index is 1160. The van der Waals surface area contributed by atoms with E-state index in [2.05, 4.69) is 19.2 Å². The van der Waals surface area contributed by atoms with Crippen LogP contribution >= 0.6 is 0 Å². The van der Waals surface area contributed by atoms with Gasteiger partial charge in [-0.25, -0.2) is 0 Å². The van der Waals surface area contributed by atoms with Crippen molar-refractivity contribution in [1.82, 2.24) is 10.2 Å². The molecule has 37 heavy (non-hydrogen) atoms. The van der Waals surface area contributed by atoms with Crippen molar-refractivity contribution in [2.45, 2.75) is 72.0 Å². The lowest BCUT2D eigenvalue weighted by molar-refractivity contribution is -0.143. The second-order valence-corrected chi connectivity index (χ2v) is 11.0. The van der Waals surface area contributed by atoms with Gasteiger partial charge in [-0.05, 0) is 62.4 Å². The van der Waals surface area contributed by atoms with E-state index in [0.717, 1.165) is 16.7 Å². The third kappa shape index (κ3) is 8.78. The Morgan fingerprint density at radius 2 is 1.54 bits per heavy atom. The maximum Gasteiger partial charge on any atom is 0.261 e. The van der Waals surface area contributed by atoms with Gasteiger partial charge in [0.05, 0.1) is 0 Å². The zero-order valence-corrected chi connectivity index (χ0v) is 23.0. The molecule has 0 spiro atoms. The first-order chi connectivity index (χ1) is 17.5. The quantitative estimate of drug-likeness (QED) is 0.369. The summed E-state index contributed by atoms with van der Waals surface area (Å²) >= 11 is 0. The van der Waals surface area contributed by atoms with E-state index in [9.17, 15) is 9.59 Å². The molecule has 3 rings (SSSR count). The minimum Gasteiger partial charge on any atom is -0.484 e. The number of carbonyl (C=O) groups excluding carboxylic acids is 2. The second-order valence-electron chi connectivity index (χ2n) is 11.0. The van der Waals surface area contributed by atoms with Crippen molar-refractivity contribution in [3.63, 3.8) is 0 Å². The highest BCUT2D eigenvalue weighted by molar-refractivity contribution is 5.89. The number of amides is 2. The smallest absolute Gasteiger partial charge is 0.261 e. The third-order valence-electron chi connectivity index (χ3n) is 6.11. The molecule has 0 aliphatic carbocycles. The van der Waals surface area contributed by atoms with Gasteiger partial charge < -0.3 is 15.0 Å². The van der Waals surface area contributed by atoms with Crippen LogP contribution in [0.1, 0.15) is 62.8 Å². The Labute approximate surface area is 221 Å². The van der Waals surface area contributed by atoms with Gasteiger partial charge in [0.25, 0.3) is 5.91 Å². The number of nitrogens with zero attached hydrogens (tertiary/aromatic N) is 1. The Hall–Kier alpha value is -3.60. The molecule has 3 aromatic rings. The molecular formula is C32H40N2O3. The topological polar surface area (TPSA) is 58.6 Å². The number of hydrogen-bond donors (Lipinski definition) is 1. The summed E-state index contributed by atoms with van der Waals surface area (Å²) in [6.07, 6.45) is 0.406. The van der Waals surface area contributed by atoms with Crippen LogP contribution in [0.2, 0.25) is 0 Å². The van der Waals surface area contributed by atoms with Gasteiger partial charge in [-0.3, -0.25) is 9.59 Å². The molecule has 0 bridgehead atoms. The van der Waals surface area contributed by atoms with Crippen molar-refractivity contribution in [3.8, 4) is 5.75 Å². The number of nitrogens with one attached hydrogen (secondary N) is 1. The van der Waals surface area contributed by atoms with Crippen molar-refractivity contribution in [1.29, 1.82) is 0 Å². The predicted octanol–water partition coefficient (Wildman–Crippen LogP) is 6.05. The van der Waals surface area contributed by atoms with Crippen LogP contribution in [-0.4, -0.2) is 34.9 Å². The highest BCUT2D eigenvalue weighted by Crippen LogP contribution is 2.20. The van der Waals surface area contributed by atoms with Gasteiger partial charge in [0, 0.05) is 18.5 Å². The van der Waals surface area contributed by atoms with Crippen LogP contribution in [0, 0.1) is 6.92 Å². The summed E-state index contributed by atoms with van der Waals surface area (Å²) in [5.41, 5.74) is 3.84. The van der Waals surface area contributed by atoms with Gasteiger partial charge in [0.1, 0.15) is 11.8 Å². The molecule has 196 valence electrons. The fourth-order valence-electron chi connectivity index (χ4n) is 4.19. The normalized spacial score (nSPS) is 12.2. The molecule has 1 N–H and O–H groups in total. The molecule has 0 aromatic heterocycles. The number of benzene rings is 3. The molecule has 0 aliphatic rings. The molecular weight excluding hydrogens is 460 g/mol. The van der Waals surface area contributed by atoms with Crippen LogP contribution in [0.25, 0.3) is 0 Å². The van der Waals surface area contributed by atoms with Crippen LogP contribution in [0.5, 0.6) is 5.75 Å². The summed E-state index contributed by atoms with van der Waals surface area (Å²) in [6, 6.07) is 25.0. The van der Waals surface area contributed by atoms with Crippen molar-refractivity contribution in [2.75, 3.05) is 6.61 Å². The summed E-state index contributed by atoms with van der Waals surface area (Å²) in [5.74, 6) is 0.630. The summed E-state index contributed by atoms with van der Waals surface area (Å²) in [4.78, 5) is 29.0. The van der Waals surface area contributed by atoms with Gasteiger partial charge in [-0.2, -0.15) is 0 Å².